The molecule has 0 saturated carbocycles. The van der Waals surface area contributed by atoms with Crippen LogP contribution in [0.15, 0.2) is 48.5 Å². The van der Waals surface area contributed by atoms with E-state index in [2.05, 4.69) is 0 Å². The summed E-state index contributed by atoms with van der Waals surface area (Å²) in [6, 6.07) is 8.54. The highest BCUT2D eigenvalue weighted by molar-refractivity contribution is 7.93. The van der Waals surface area contributed by atoms with Gasteiger partial charge in [-0.05, 0) is 35.4 Å². The Morgan fingerprint density at radius 1 is 0.633 bits per heavy atom. The minimum absolute atomic E-state index is 0.00259. The molecule has 4 rings (SSSR count). The van der Waals surface area contributed by atoms with Crippen LogP contribution in [-0.2, 0) is 29.3 Å². The molecule has 2 saturated heterocycles. The molecule has 2 aliphatic rings. The maximum atomic E-state index is 13.3. The molecule has 0 aliphatic carbocycles. The minimum atomic E-state index is -4.16. The van der Waals surface area contributed by atoms with E-state index in [4.69, 9.17) is 0 Å². The minimum Gasteiger partial charge on any atom is -0.272 e. The van der Waals surface area contributed by atoms with Crippen molar-refractivity contribution >= 4 is 31.5 Å². The van der Waals surface area contributed by atoms with Gasteiger partial charge in [0.2, 0.25) is 0 Å². The Hall–Kier alpha value is -2.86. The van der Waals surface area contributed by atoms with Crippen molar-refractivity contribution in [1.82, 2.24) is 10.0 Å². The fourth-order valence-electron chi connectivity index (χ4n) is 3.62. The van der Waals surface area contributed by atoms with Crippen molar-refractivity contribution in [3.05, 3.63) is 71.3 Å². The SMILES string of the molecule is O=C1CS(=O)(=O)C(c2ccc(F)cc2)N1N1C(=O)CS(=O)(=O)C1c1ccc(F)cc1. The molecule has 2 unspecified atom stereocenters. The standard InChI is InChI=1S/C18H14F2N2O6S2/c19-13-5-1-11(2-6-13)17-21(15(23)9-29(17,25)26)22-16(24)10-30(27,28)18(22)12-3-7-14(20)8-4-12/h1-8,17-18H,9-10H2. The van der Waals surface area contributed by atoms with Crippen LogP contribution in [-0.4, -0.2) is 50.2 Å². The molecule has 8 nitrogen and oxygen atoms in total. The maximum Gasteiger partial charge on any atom is 0.258 e. The zero-order chi connectivity index (χ0) is 21.8. The largest absolute Gasteiger partial charge is 0.272 e. The van der Waals surface area contributed by atoms with E-state index in [-0.39, 0.29) is 11.1 Å². The normalized spacial score (nSPS) is 25.1. The predicted molar refractivity (Wildman–Crippen MR) is 99.5 cm³/mol. The van der Waals surface area contributed by atoms with Gasteiger partial charge in [0.1, 0.15) is 23.1 Å². The first-order chi connectivity index (χ1) is 14.0. The molecule has 2 aliphatic heterocycles. The van der Waals surface area contributed by atoms with Gasteiger partial charge in [0.05, 0.1) is 0 Å². The summed E-state index contributed by atoms with van der Waals surface area (Å²) >= 11 is 0. The van der Waals surface area contributed by atoms with E-state index in [1.807, 2.05) is 0 Å². The molecule has 2 aromatic rings. The summed E-state index contributed by atoms with van der Waals surface area (Å²) in [5.74, 6) is -5.18. The van der Waals surface area contributed by atoms with Gasteiger partial charge >= 0.3 is 0 Å². The zero-order valence-corrected chi connectivity index (χ0v) is 16.7. The Labute approximate surface area is 170 Å². The Morgan fingerprint density at radius 2 is 0.933 bits per heavy atom. The lowest BCUT2D eigenvalue weighted by Gasteiger charge is -2.35. The van der Waals surface area contributed by atoms with Gasteiger partial charge in [-0.1, -0.05) is 24.3 Å². The molecule has 12 heteroatoms. The quantitative estimate of drug-likeness (QED) is 0.684. The van der Waals surface area contributed by atoms with Crippen LogP contribution in [0.3, 0.4) is 0 Å². The van der Waals surface area contributed by atoms with Crippen molar-refractivity contribution in [2.24, 2.45) is 0 Å². The number of nitrogens with zero attached hydrogens (tertiary/aromatic N) is 2. The fraction of sp³-hybridized carbons (Fsp3) is 0.222. The van der Waals surface area contributed by atoms with Crippen LogP contribution in [0.4, 0.5) is 8.78 Å². The summed E-state index contributed by atoms with van der Waals surface area (Å²) in [5.41, 5.74) is -0.00518. The van der Waals surface area contributed by atoms with Crippen LogP contribution in [0.1, 0.15) is 21.9 Å². The highest BCUT2D eigenvalue weighted by atomic mass is 32.2. The lowest BCUT2D eigenvalue weighted by molar-refractivity contribution is -0.161. The first-order valence-corrected chi connectivity index (χ1v) is 12.0. The monoisotopic (exact) mass is 456 g/mol. The van der Waals surface area contributed by atoms with Gasteiger partial charge in [0, 0.05) is 0 Å². The van der Waals surface area contributed by atoms with E-state index in [0.29, 0.717) is 10.0 Å². The van der Waals surface area contributed by atoms with E-state index in [1.54, 1.807) is 0 Å². The molecule has 2 amide bonds. The number of amides is 2. The molecular formula is C18H14F2N2O6S2. The first-order valence-electron chi connectivity index (χ1n) is 8.59. The molecule has 2 atom stereocenters. The molecule has 2 aromatic carbocycles. The van der Waals surface area contributed by atoms with Crippen molar-refractivity contribution in [1.29, 1.82) is 0 Å². The average Bonchev–Trinajstić information content (AvgIpc) is 3.03. The summed E-state index contributed by atoms with van der Waals surface area (Å²) < 4.78 is 77.4. The third-order valence-electron chi connectivity index (χ3n) is 4.83. The van der Waals surface area contributed by atoms with E-state index in [1.165, 1.54) is 0 Å². The highest BCUT2D eigenvalue weighted by Crippen LogP contribution is 2.42. The highest BCUT2D eigenvalue weighted by Gasteiger charge is 2.56. The molecule has 0 N–H and O–H groups in total. The molecule has 0 spiro atoms. The smallest absolute Gasteiger partial charge is 0.258 e. The first kappa shape index (κ1) is 20.4. The molecule has 0 radical (unpaired) electrons. The van der Waals surface area contributed by atoms with E-state index in [0.717, 1.165) is 48.5 Å². The van der Waals surface area contributed by atoms with Gasteiger partial charge in [0.15, 0.2) is 30.4 Å². The fourth-order valence-corrected chi connectivity index (χ4v) is 7.08. The van der Waals surface area contributed by atoms with Crippen molar-refractivity contribution in [3.63, 3.8) is 0 Å². The Morgan fingerprint density at radius 3 is 1.23 bits per heavy atom. The summed E-state index contributed by atoms with van der Waals surface area (Å²) in [6.07, 6.45) is 0. The zero-order valence-electron chi connectivity index (χ0n) is 15.1. The van der Waals surface area contributed by atoms with Crippen LogP contribution in [0.25, 0.3) is 0 Å². The second-order valence-corrected chi connectivity index (χ2v) is 11.0. The second-order valence-electron chi connectivity index (χ2n) is 6.90. The number of hydrogen-bond acceptors (Lipinski definition) is 6. The summed E-state index contributed by atoms with van der Waals surface area (Å²) in [7, 11) is -8.31. The number of sulfone groups is 2. The molecule has 158 valence electrons. The van der Waals surface area contributed by atoms with Crippen LogP contribution < -0.4 is 0 Å². The number of carbonyl (C=O) groups excluding carboxylic acids is 2. The van der Waals surface area contributed by atoms with Crippen LogP contribution >= 0.6 is 0 Å². The van der Waals surface area contributed by atoms with Gasteiger partial charge in [-0.15, -0.1) is 0 Å². The van der Waals surface area contributed by atoms with E-state index < -0.39 is 65.4 Å². The van der Waals surface area contributed by atoms with Gasteiger partial charge < -0.3 is 0 Å². The van der Waals surface area contributed by atoms with Gasteiger partial charge in [0.25, 0.3) is 11.8 Å². The number of carbonyl (C=O) groups is 2. The second kappa shape index (κ2) is 6.84. The molecule has 2 fully saturated rings. The topological polar surface area (TPSA) is 109 Å². The number of halogens is 2. The molecule has 30 heavy (non-hydrogen) atoms. The molecular weight excluding hydrogens is 442 g/mol. The lowest BCUT2D eigenvalue weighted by atomic mass is 10.2. The summed E-state index contributed by atoms with van der Waals surface area (Å²) in [5, 5.41) is -2.20. The van der Waals surface area contributed by atoms with Crippen molar-refractivity contribution in [2.75, 3.05) is 11.5 Å². The number of benzene rings is 2. The van der Waals surface area contributed by atoms with Crippen LogP contribution in [0, 0.1) is 11.6 Å². The predicted octanol–water partition coefficient (Wildman–Crippen LogP) is 1.09. The van der Waals surface area contributed by atoms with Gasteiger partial charge in [-0.3, -0.25) is 9.59 Å². The summed E-state index contributed by atoms with van der Waals surface area (Å²) in [4.78, 5) is 25.3. The Balaban J connectivity index is 1.88. The molecule has 2 heterocycles. The number of hydrazine groups is 1. The van der Waals surface area contributed by atoms with Gasteiger partial charge in [-0.25, -0.2) is 35.6 Å². The maximum absolute atomic E-state index is 13.3. The third-order valence-corrected chi connectivity index (χ3v) is 8.43. The van der Waals surface area contributed by atoms with E-state index >= 15 is 0 Å². The van der Waals surface area contributed by atoms with Crippen molar-refractivity contribution in [2.45, 2.75) is 10.7 Å². The molecule has 0 aromatic heterocycles. The van der Waals surface area contributed by atoms with E-state index in [9.17, 15) is 35.2 Å². The lowest BCUT2D eigenvalue weighted by Crippen LogP contribution is -2.48. The van der Waals surface area contributed by atoms with Crippen LogP contribution in [0.5, 0.6) is 0 Å². The molecule has 0 bridgehead atoms. The Bertz CT molecular complexity index is 1150. The van der Waals surface area contributed by atoms with Crippen molar-refractivity contribution in [3.8, 4) is 0 Å². The van der Waals surface area contributed by atoms with Crippen molar-refractivity contribution < 1.29 is 35.2 Å². The average molecular weight is 456 g/mol. The third kappa shape index (κ3) is 3.25. The summed E-state index contributed by atoms with van der Waals surface area (Å²) in [6.45, 7) is 0. The van der Waals surface area contributed by atoms with Crippen LogP contribution in [0.2, 0.25) is 0 Å². The Kier molecular flexibility index (Phi) is 4.66. The number of rotatable bonds is 3. The number of hydrogen-bond donors (Lipinski definition) is 0. The van der Waals surface area contributed by atoms with Gasteiger partial charge in [-0.2, -0.15) is 0 Å².